The summed E-state index contributed by atoms with van der Waals surface area (Å²) in [6.45, 7) is 0. The van der Waals surface area contributed by atoms with E-state index in [1.54, 1.807) is 0 Å². The lowest BCUT2D eigenvalue weighted by molar-refractivity contribution is -0.141. The molecule has 0 bridgehead atoms. The summed E-state index contributed by atoms with van der Waals surface area (Å²) >= 11 is 4.15. The van der Waals surface area contributed by atoms with Gasteiger partial charge in [0.1, 0.15) is 0 Å². The molecule has 1 fully saturated rings. The molecule has 9 heavy (non-hydrogen) atoms. The summed E-state index contributed by atoms with van der Waals surface area (Å²) in [5.41, 5.74) is 0. The van der Waals surface area contributed by atoms with Crippen LogP contribution in [0.15, 0.2) is 0 Å². The van der Waals surface area contributed by atoms with Gasteiger partial charge in [-0.1, -0.05) is 6.42 Å². The lowest BCUT2D eigenvalue weighted by Crippen LogP contribution is -2.17. The molecule has 1 aliphatic carbocycles. The van der Waals surface area contributed by atoms with E-state index in [0.29, 0.717) is 0 Å². The molecule has 0 aliphatic heterocycles. The van der Waals surface area contributed by atoms with Crippen LogP contribution < -0.4 is 0 Å². The Morgan fingerprint density at radius 3 is 2.44 bits per heavy atom. The van der Waals surface area contributed by atoms with Gasteiger partial charge in [-0.2, -0.15) is 12.6 Å². The first kappa shape index (κ1) is 6.93. The number of rotatable bonds is 1. The zero-order chi connectivity index (χ0) is 6.85. The maximum absolute atomic E-state index is 10.4. The van der Waals surface area contributed by atoms with E-state index in [2.05, 4.69) is 12.6 Å². The number of aliphatic carboxylic acids is 1. The molecule has 0 heterocycles. The SMILES string of the molecule is O=C(O)C1CCCC1S. The molecule has 0 aromatic carbocycles. The van der Waals surface area contributed by atoms with Crippen LogP contribution in [-0.2, 0) is 4.79 Å². The van der Waals surface area contributed by atoms with Gasteiger partial charge >= 0.3 is 5.97 Å². The number of carboxylic acid groups (broad SMARTS) is 1. The Morgan fingerprint density at radius 1 is 1.56 bits per heavy atom. The van der Waals surface area contributed by atoms with Crippen LogP contribution in [0.4, 0.5) is 0 Å². The molecule has 2 unspecified atom stereocenters. The van der Waals surface area contributed by atoms with Gasteiger partial charge in [-0.05, 0) is 12.8 Å². The molecule has 1 aliphatic rings. The highest BCUT2D eigenvalue weighted by molar-refractivity contribution is 7.81. The Balaban J connectivity index is 2.49. The monoisotopic (exact) mass is 146 g/mol. The highest BCUT2D eigenvalue weighted by atomic mass is 32.1. The molecule has 0 aromatic rings. The average Bonchev–Trinajstić information content (AvgIpc) is 2.13. The fraction of sp³-hybridized carbons (Fsp3) is 0.833. The summed E-state index contributed by atoms with van der Waals surface area (Å²) in [6.07, 6.45) is 2.79. The predicted octanol–water partition coefficient (Wildman–Crippen LogP) is 1.17. The van der Waals surface area contributed by atoms with Gasteiger partial charge in [-0.15, -0.1) is 0 Å². The first-order valence-electron chi connectivity index (χ1n) is 3.12. The van der Waals surface area contributed by atoms with E-state index < -0.39 is 5.97 Å². The van der Waals surface area contributed by atoms with E-state index in [0.717, 1.165) is 19.3 Å². The smallest absolute Gasteiger partial charge is 0.307 e. The van der Waals surface area contributed by atoms with Gasteiger partial charge in [0.2, 0.25) is 0 Å². The van der Waals surface area contributed by atoms with E-state index in [4.69, 9.17) is 5.11 Å². The van der Waals surface area contributed by atoms with Crippen molar-refractivity contribution >= 4 is 18.6 Å². The maximum Gasteiger partial charge on any atom is 0.307 e. The van der Waals surface area contributed by atoms with Crippen LogP contribution in [0.5, 0.6) is 0 Å². The van der Waals surface area contributed by atoms with Crippen LogP contribution in [0, 0.1) is 5.92 Å². The third-order valence-electron chi connectivity index (χ3n) is 1.80. The molecule has 3 heteroatoms. The largest absolute Gasteiger partial charge is 0.481 e. The van der Waals surface area contributed by atoms with Crippen LogP contribution in [0.25, 0.3) is 0 Å². The lowest BCUT2D eigenvalue weighted by atomic mass is 10.1. The third kappa shape index (κ3) is 1.39. The molecule has 0 amide bonds. The van der Waals surface area contributed by atoms with Gasteiger partial charge < -0.3 is 5.11 Å². The molecule has 1 saturated carbocycles. The lowest BCUT2D eigenvalue weighted by Gasteiger charge is -2.06. The molecule has 0 radical (unpaired) electrons. The van der Waals surface area contributed by atoms with Crippen molar-refractivity contribution in [3.05, 3.63) is 0 Å². The second-order valence-corrected chi connectivity index (χ2v) is 3.11. The van der Waals surface area contributed by atoms with E-state index in [1.165, 1.54) is 0 Å². The summed E-state index contributed by atoms with van der Waals surface area (Å²) < 4.78 is 0. The van der Waals surface area contributed by atoms with Gasteiger partial charge in [0, 0.05) is 5.25 Å². The van der Waals surface area contributed by atoms with Gasteiger partial charge in [0.15, 0.2) is 0 Å². The summed E-state index contributed by atoms with van der Waals surface area (Å²) in [6, 6.07) is 0. The van der Waals surface area contributed by atoms with Crippen molar-refractivity contribution in [1.29, 1.82) is 0 Å². The van der Waals surface area contributed by atoms with Crippen molar-refractivity contribution in [2.24, 2.45) is 5.92 Å². The zero-order valence-electron chi connectivity index (χ0n) is 5.08. The molecule has 2 nitrogen and oxygen atoms in total. The van der Waals surface area contributed by atoms with Gasteiger partial charge in [-0.25, -0.2) is 0 Å². The summed E-state index contributed by atoms with van der Waals surface area (Å²) in [7, 11) is 0. The van der Waals surface area contributed by atoms with Gasteiger partial charge in [0.05, 0.1) is 5.92 Å². The first-order chi connectivity index (χ1) is 4.22. The number of hydrogen-bond donors (Lipinski definition) is 2. The topological polar surface area (TPSA) is 37.3 Å². The van der Waals surface area contributed by atoms with Crippen molar-refractivity contribution in [1.82, 2.24) is 0 Å². The zero-order valence-corrected chi connectivity index (χ0v) is 5.97. The number of hydrogen-bond acceptors (Lipinski definition) is 2. The second-order valence-electron chi connectivity index (χ2n) is 2.44. The van der Waals surface area contributed by atoms with Crippen LogP contribution in [0.2, 0.25) is 0 Å². The van der Waals surface area contributed by atoms with E-state index in [1.807, 2.05) is 0 Å². The first-order valence-corrected chi connectivity index (χ1v) is 3.64. The molecule has 2 atom stereocenters. The molecule has 0 aromatic heterocycles. The van der Waals surface area contributed by atoms with Crippen LogP contribution in [0.1, 0.15) is 19.3 Å². The molecular weight excluding hydrogens is 136 g/mol. The van der Waals surface area contributed by atoms with Crippen molar-refractivity contribution in [3.8, 4) is 0 Å². The summed E-state index contributed by atoms with van der Waals surface area (Å²) in [5, 5.41) is 8.63. The molecule has 1 N–H and O–H groups in total. The Labute approximate surface area is 59.7 Å². The van der Waals surface area contributed by atoms with Crippen LogP contribution >= 0.6 is 12.6 Å². The number of carbonyl (C=O) groups is 1. The standard InChI is InChI=1S/C6H10O2S/c7-6(8)4-2-1-3-5(4)9/h4-5,9H,1-3H2,(H,7,8). The van der Waals surface area contributed by atoms with Crippen LogP contribution in [0.3, 0.4) is 0 Å². The minimum atomic E-state index is -0.687. The maximum atomic E-state index is 10.4. The van der Waals surface area contributed by atoms with E-state index in [9.17, 15) is 4.79 Å². The van der Waals surface area contributed by atoms with E-state index >= 15 is 0 Å². The minimum Gasteiger partial charge on any atom is -0.481 e. The quantitative estimate of drug-likeness (QED) is 0.545. The second kappa shape index (κ2) is 2.60. The minimum absolute atomic E-state index is 0.0995. The number of thiol groups is 1. The van der Waals surface area contributed by atoms with Crippen molar-refractivity contribution in [2.75, 3.05) is 0 Å². The molecule has 52 valence electrons. The summed E-state index contributed by atoms with van der Waals surface area (Å²) in [4.78, 5) is 10.4. The highest BCUT2D eigenvalue weighted by Gasteiger charge is 2.29. The molecule has 1 rings (SSSR count). The Kier molecular flexibility index (Phi) is 2.01. The average molecular weight is 146 g/mol. The van der Waals surface area contributed by atoms with Crippen LogP contribution in [-0.4, -0.2) is 16.3 Å². The van der Waals surface area contributed by atoms with Crippen molar-refractivity contribution < 1.29 is 9.90 Å². The predicted molar refractivity (Wildman–Crippen MR) is 37.8 cm³/mol. The summed E-state index contributed by atoms with van der Waals surface area (Å²) in [5.74, 6) is -0.874. The van der Waals surface area contributed by atoms with Crippen molar-refractivity contribution in [2.45, 2.75) is 24.5 Å². The van der Waals surface area contributed by atoms with Gasteiger partial charge in [0.25, 0.3) is 0 Å². The highest BCUT2D eigenvalue weighted by Crippen LogP contribution is 2.29. The van der Waals surface area contributed by atoms with Gasteiger partial charge in [-0.3, -0.25) is 4.79 Å². The molecule has 0 spiro atoms. The molecule has 0 saturated heterocycles. The van der Waals surface area contributed by atoms with E-state index in [-0.39, 0.29) is 11.2 Å². The Bertz CT molecular complexity index is 124. The fourth-order valence-corrected chi connectivity index (χ4v) is 1.69. The normalized spacial score (nSPS) is 34.8. The Morgan fingerprint density at radius 2 is 2.22 bits per heavy atom. The fourth-order valence-electron chi connectivity index (χ4n) is 1.23. The third-order valence-corrected chi connectivity index (χ3v) is 2.41. The number of carboxylic acids is 1. The molecular formula is C6H10O2S. The Hall–Kier alpha value is -0.180. The van der Waals surface area contributed by atoms with Crippen molar-refractivity contribution in [3.63, 3.8) is 0 Å².